The smallest absolute Gasteiger partial charge is 0.344 e. The molecule has 0 N–H and O–H groups in total. The van der Waals surface area contributed by atoms with Crippen LogP contribution in [0.2, 0.25) is 0 Å². The van der Waals surface area contributed by atoms with Crippen molar-refractivity contribution in [1.82, 2.24) is 0 Å². The minimum absolute atomic E-state index is 0.107. The lowest BCUT2D eigenvalue weighted by atomic mass is 10.3. The van der Waals surface area contributed by atoms with Crippen molar-refractivity contribution in [3.8, 4) is 5.75 Å². The molecule has 124 valence electrons. The fourth-order valence-corrected chi connectivity index (χ4v) is 1.50. The van der Waals surface area contributed by atoms with E-state index in [0.717, 1.165) is 0 Å². The zero-order chi connectivity index (χ0) is 15.9. The molecule has 0 saturated heterocycles. The molecule has 0 unspecified atom stereocenters. The summed E-state index contributed by atoms with van der Waals surface area (Å²) in [6, 6.07) is 9.11. The van der Waals surface area contributed by atoms with Crippen molar-refractivity contribution in [3.05, 3.63) is 30.3 Å². The number of hydrogen-bond acceptors (Lipinski definition) is 6. The van der Waals surface area contributed by atoms with Crippen LogP contribution in [0.25, 0.3) is 0 Å². The highest BCUT2D eigenvalue weighted by molar-refractivity contribution is 5.71. The number of ether oxygens (including phenoxy) is 5. The van der Waals surface area contributed by atoms with E-state index < -0.39 is 5.97 Å². The first-order chi connectivity index (χ1) is 10.8. The summed E-state index contributed by atoms with van der Waals surface area (Å²) in [7, 11) is 0. The molecule has 0 aromatic heterocycles. The molecule has 0 aliphatic heterocycles. The van der Waals surface area contributed by atoms with E-state index in [-0.39, 0.29) is 13.2 Å². The van der Waals surface area contributed by atoms with Gasteiger partial charge in [-0.15, -0.1) is 0 Å². The number of carbonyl (C=O) groups is 1. The Morgan fingerprint density at radius 2 is 1.45 bits per heavy atom. The average molecular weight is 312 g/mol. The molecule has 6 nitrogen and oxygen atoms in total. The van der Waals surface area contributed by atoms with Crippen molar-refractivity contribution in [2.45, 2.75) is 6.92 Å². The maximum absolute atomic E-state index is 11.4. The van der Waals surface area contributed by atoms with Crippen LogP contribution in [0.15, 0.2) is 30.3 Å². The summed E-state index contributed by atoms with van der Waals surface area (Å²) in [4.78, 5) is 11.4. The number of benzene rings is 1. The lowest BCUT2D eigenvalue weighted by molar-refractivity contribution is -0.147. The van der Waals surface area contributed by atoms with Crippen molar-refractivity contribution < 1.29 is 28.5 Å². The molecular formula is C16H24O6. The second-order valence-electron chi connectivity index (χ2n) is 4.24. The zero-order valence-electron chi connectivity index (χ0n) is 13.0. The lowest BCUT2D eigenvalue weighted by Crippen LogP contribution is -2.18. The van der Waals surface area contributed by atoms with Crippen LogP contribution in [0.3, 0.4) is 0 Å². The third kappa shape index (κ3) is 10.1. The Balaban J connectivity index is 1.87. The molecule has 1 rings (SSSR count). The molecule has 1 aromatic rings. The van der Waals surface area contributed by atoms with Gasteiger partial charge in [0.2, 0.25) is 0 Å². The minimum atomic E-state index is -0.416. The van der Waals surface area contributed by atoms with Crippen LogP contribution < -0.4 is 4.74 Å². The summed E-state index contributed by atoms with van der Waals surface area (Å²) in [5, 5.41) is 0. The summed E-state index contributed by atoms with van der Waals surface area (Å²) in [6.07, 6.45) is 0. The minimum Gasteiger partial charge on any atom is -0.482 e. The Labute approximate surface area is 131 Å². The van der Waals surface area contributed by atoms with Gasteiger partial charge in [0.05, 0.1) is 33.0 Å². The Hall–Kier alpha value is -1.63. The van der Waals surface area contributed by atoms with Crippen molar-refractivity contribution in [2.24, 2.45) is 0 Å². The molecule has 0 atom stereocenters. The van der Waals surface area contributed by atoms with Gasteiger partial charge in [0.25, 0.3) is 0 Å². The lowest BCUT2D eigenvalue weighted by Gasteiger charge is -2.08. The van der Waals surface area contributed by atoms with Crippen LogP contribution in [0.5, 0.6) is 5.75 Å². The van der Waals surface area contributed by atoms with Gasteiger partial charge in [-0.3, -0.25) is 0 Å². The third-order valence-corrected chi connectivity index (χ3v) is 2.54. The van der Waals surface area contributed by atoms with Crippen LogP contribution in [-0.2, 0) is 23.7 Å². The molecule has 0 spiro atoms. The predicted octanol–water partition coefficient (Wildman–Crippen LogP) is 1.68. The van der Waals surface area contributed by atoms with E-state index in [2.05, 4.69) is 0 Å². The van der Waals surface area contributed by atoms with E-state index in [1.54, 1.807) is 12.1 Å². The highest BCUT2D eigenvalue weighted by atomic mass is 16.6. The van der Waals surface area contributed by atoms with Crippen LogP contribution in [-0.4, -0.2) is 58.8 Å². The number of para-hydroxylation sites is 1. The SMILES string of the molecule is CCOCCOCCOCCOC(=O)COc1ccccc1. The highest BCUT2D eigenvalue weighted by Crippen LogP contribution is 2.07. The van der Waals surface area contributed by atoms with Gasteiger partial charge in [-0.2, -0.15) is 0 Å². The Bertz CT molecular complexity index is 381. The van der Waals surface area contributed by atoms with Crippen LogP contribution >= 0.6 is 0 Å². The first-order valence-corrected chi connectivity index (χ1v) is 7.39. The normalized spacial score (nSPS) is 10.4. The molecule has 0 aliphatic rings. The number of esters is 1. The summed E-state index contributed by atoms with van der Waals surface area (Å²) in [6.45, 7) is 5.18. The predicted molar refractivity (Wildman–Crippen MR) is 81.0 cm³/mol. The van der Waals surface area contributed by atoms with Crippen molar-refractivity contribution >= 4 is 5.97 Å². The second kappa shape index (κ2) is 13.1. The average Bonchev–Trinajstić information content (AvgIpc) is 2.55. The van der Waals surface area contributed by atoms with Gasteiger partial charge in [0, 0.05) is 6.61 Å². The number of rotatable bonds is 13. The molecule has 0 amide bonds. The summed E-state index contributed by atoms with van der Waals surface area (Å²) in [5.74, 6) is 0.223. The summed E-state index contributed by atoms with van der Waals surface area (Å²) < 4.78 is 25.9. The van der Waals surface area contributed by atoms with Crippen molar-refractivity contribution in [1.29, 1.82) is 0 Å². The van der Waals surface area contributed by atoms with Crippen LogP contribution in [0, 0.1) is 0 Å². The Morgan fingerprint density at radius 1 is 0.864 bits per heavy atom. The Morgan fingerprint density at radius 3 is 2.09 bits per heavy atom. The van der Waals surface area contributed by atoms with Crippen LogP contribution in [0.1, 0.15) is 6.92 Å². The summed E-state index contributed by atoms with van der Waals surface area (Å²) >= 11 is 0. The van der Waals surface area contributed by atoms with Gasteiger partial charge in [-0.05, 0) is 19.1 Å². The van der Waals surface area contributed by atoms with Crippen LogP contribution in [0.4, 0.5) is 0 Å². The molecule has 0 heterocycles. The fraction of sp³-hybridized carbons (Fsp3) is 0.562. The Kier molecular flexibility index (Phi) is 10.9. The monoisotopic (exact) mass is 312 g/mol. The van der Waals surface area contributed by atoms with Gasteiger partial charge in [0.15, 0.2) is 6.61 Å². The molecule has 0 saturated carbocycles. The van der Waals surface area contributed by atoms with Gasteiger partial charge in [0.1, 0.15) is 12.4 Å². The maximum Gasteiger partial charge on any atom is 0.344 e. The number of hydrogen-bond donors (Lipinski definition) is 0. The second-order valence-corrected chi connectivity index (χ2v) is 4.24. The first-order valence-electron chi connectivity index (χ1n) is 7.39. The molecule has 0 bridgehead atoms. The first kappa shape index (κ1) is 18.4. The van der Waals surface area contributed by atoms with Gasteiger partial charge >= 0.3 is 5.97 Å². The highest BCUT2D eigenvalue weighted by Gasteiger charge is 2.03. The van der Waals surface area contributed by atoms with Crippen molar-refractivity contribution in [3.63, 3.8) is 0 Å². The maximum atomic E-state index is 11.4. The fourth-order valence-electron chi connectivity index (χ4n) is 1.50. The topological polar surface area (TPSA) is 63.2 Å². The zero-order valence-corrected chi connectivity index (χ0v) is 13.0. The largest absolute Gasteiger partial charge is 0.482 e. The van der Waals surface area contributed by atoms with E-state index in [9.17, 15) is 4.79 Å². The molecule has 0 fully saturated rings. The molecular weight excluding hydrogens is 288 g/mol. The van der Waals surface area contributed by atoms with Crippen molar-refractivity contribution in [2.75, 3.05) is 52.9 Å². The standard InChI is InChI=1S/C16H24O6/c1-2-18-8-9-19-10-11-20-12-13-21-16(17)14-22-15-6-4-3-5-7-15/h3-7H,2,8-14H2,1H3. The van der Waals surface area contributed by atoms with E-state index in [4.69, 9.17) is 23.7 Å². The molecule has 6 heteroatoms. The van der Waals surface area contributed by atoms with Gasteiger partial charge in [-0.1, -0.05) is 18.2 Å². The van der Waals surface area contributed by atoms with E-state index in [1.165, 1.54) is 0 Å². The quantitative estimate of drug-likeness (QED) is 0.408. The number of carbonyl (C=O) groups excluding carboxylic acids is 1. The van der Waals surface area contributed by atoms with E-state index in [1.807, 2.05) is 25.1 Å². The molecule has 22 heavy (non-hydrogen) atoms. The molecule has 1 aromatic carbocycles. The van der Waals surface area contributed by atoms with E-state index >= 15 is 0 Å². The molecule has 0 radical (unpaired) electrons. The van der Waals surface area contributed by atoms with E-state index in [0.29, 0.717) is 45.4 Å². The van der Waals surface area contributed by atoms with Gasteiger partial charge < -0.3 is 23.7 Å². The van der Waals surface area contributed by atoms with Gasteiger partial charge in [-0.25, -0.2) is 4.79 Å². The summed E-state index contributed by atoms with van der Waals surface area (Å²) in [5.41, 5.74) is 0. The molecule has 0 aliphatic carbocycles. The third-order valence-electron chi connectivity index (χ3n) is 2.54.